The lowest BCUT2D eigenvalue weighted by Gasteiger charge is -2.19. The first-order valence-corrected chi connectivity index (χ1v) is 10.00. The summed E-state index contributed by atoms with van der Waals surface area (Å²) in [7, 11) is 4.00. The van der Waals surface area contributed by atoms with E-state index in [1.807, 2.05) is 38.4 Å². The molecule has 1 heterocycles. The number of aromatic nitrogens is 1. The van der Waals surface area contributed by atoms with Gasteiger partial charge in [0, 0.05) is 24.8 Å². The van der Waals surface area contributed by atoms with Crippen LogP contribution in [0.25, 0.3) is 16.3 Å². The minimum atomic E-state index is -0.446. The highest BCUT2D eigenvalue weighted by Gasteiger charge is 2.17. The quantitative estimate of drug-likeness (QED) is 0.316. The predicted molar refractivity (Wildman–Crippen MR) is 117 cm³/mol. The molecule has 0 aliphatic rings. The third kappa shape index (κ3) is 5.46. The molecule has 0 aliphatic heterocycles. The molecule has 0 unspecified atom stereocenters. The summed E-state index contributed by atoms with van der Waals surface area (Å²) in [4.78, 5) is 31.6. The minimum absolute atomic E-state index is 0.0215. The van der Waals surface area contributed by atoms with E-state index < -0.39 is 4.92 Å². The third-order valence-electron chi connectivity index (χ3n) is 4.29. The van der Waals surface area contributed by atoms with E-state index in [1.54, 1.807) is 23.1 Å². The van der Waals surface area contributed by atoms with Gasteiger partial charge >= 0.3 is 0 Å². The molecule has 2 aromatic carbocycles. The Kier molecular flexibility index (Phi) is 6.69. The topological polar surface area (TPSA) is 79.6 Å². The molecule has 0 bridgehead atoms. The second kappa shape index (κ2) is 9.40. The summed E-state index contributed by atoms with van der Waals surface area (Å²) in [5, 5.41) is 11.4. The first-order chi connectivity index (χ1) is 13.9. The number of thiazole rings is 1. The van der Waals surface area contributed by atoms with Crippen molar-refractivity contribution in [1.82, 2.24) is 9.88 Å². The summed E-state index contributed by atoms with van der Waals surface area (Å²) >= 11 is 1.49. The van der Waals surface area contributed by atoms with E-state index in [0.717, 1.165) is 28.7 Å². The van der Waals surface area contributed by atoms with Gasteiger partial charge < -0.3 is 4.90 Å². The van der Waals surface area contributed by atoms with Crippen molar-refractivity contribution in [2.45, 2.75) is 6.42 Å². The Hall–Kier alpha value is -3.10. The molecule has 29 heavy (non-hydrogen) atoms. The number of fused-ring (bicyclic) bond motifs is 1. The van der Waals surface area contributed by atoms with Gasteiger partial charge in [-0.2, -0.15) is 0 Å². The van der Waals surface area contributed by atoms with Crippen LogP contribution in [-0.4, -0.2) is 47.9 Å². The Morgan fingerprint density at radius 1 is 1.14 bits per heavy atom. The number of nitrogens with zero attached hydrogens (tertiary/aromatic N) is 4. The number of nitro benzene ring substituents is 1. The van der Waals surface area contributed by atoms with Crippen molar-refractivity contribution in [2.75, 3.05) is 32.1 Å². The van der Waals surface area contributed by atoms with Gasteiger partial charge in [-0.05, 0) is 63.0 Å². The Morgan fingerprint density at radius 3 is 2.52 bits per heavy atom. The monoisotopic (exact) mass is 410 g/mol. The molecule has 1 aromatic heterocycles. The molecule has 3 aromatic rings. The molecular formula is C21H22N4O3S. The van der Waals surface area contributed by atoms with E-state index in [0.29, 0.717) is 11.7 Å². The average molecular weight is 410 g/mol. The number of anilines is 1. The van der Waals surface area contributed by atoms with E-state index in [4.69, 9.17) is 0 Å². The van der Waals surface area contributed by atoms with Crippen molar-refractivity contribution in [3.63, 3.8) is 0 Å². The maximum Gasteiger partial charge on any atom is 0.269 e. The van der Waals surface area contributed by atoms with Crippen LogP contribution < -0.4 is 4.90 Å². The highest BCUT2D eigenvalue weighted by Crippen LogP contribution is 2.29. The van der Waals surface area contributed by atoms with Crippen LogP contribution in [0.3, 0.4) is 0 Å². The Morgan fingerprint density at radius 2 is 1.86 bits per heavy atom. The second-order valence-corrected chi connectivity index (χ2v) is 7.80. The van der Waals surface area contributed by atoms with Crippen molar-refractivity contribution in [1.29, 1.82) is 0 Å². The van der Waals surface area contributed by atoms with Gasteiger partial charge in [0.05, 0.1) is 15.1 Å². The standard InChI is InChI=1S/C21H22N4O3S/c1-23(2)14-5-15-24(21-22-18-6-3-4-7-19(18)29-21)20(26)13-10-16-8-11-17(12-9-16)25(27)28/h3-4,6-13H,5,14-15H2,1-2H3/b13-10+. The normalized spacial score (nSPS) is 11.4. The number of amides is 1. The number of carbonyl (C=O) groups excluding carboxylic acids is 1. The molecule has 8 heteroatoms. The second-order valence-electron chi connectivity index (χ2n) is 6.79. The fraction of sp³-hybridized carbons (Fsp3) is 0.238. The first-order valence-electron chi connectivity index (χ1n) is 9.18. The van der Waals surface area contributed by atoms with Gasteiger partial charge in [-0.1, -0.05) is 23.5 Å². The maximum atomic E-state index is 12.9. The van der Waals surface area contributed by atoms with E-state index in [2.05, 4.69) is 9.88 Å². The van der Waals surface area contributed by atoms with Crippen molar-refractivity contribution < 1.29 is 9.72 Å². The summed E-state index contributed by atoms with van der Waals surface area (Å²) in [5.41, 5.74) is 1.62. The van der Waals surface area contributed by atoms with Crippen LogP contribution >= 0.6 is 11.3 Å². The molecule has 0 atom stereocenters. The van der Waals surface area contributed by atoms with Gasteiger partial charge in [0.15, 0.2) is 5.13 Å². The van der Waals surface area contributed by atoms with Gasteiger partial charge in [-0.3, -0.25) is 19.8 Å². The van der Waals surface area contributed by atoms with Gasteiger partial charge in [-0.25, -0.2) is 4.98 Å². The fourth-order valence-electron chi connectivity index (χ4n) is 2.79. The molecule has 3 rings (SSSR count). The van der Waals surface area contributed by atoms with Crippen molar-refractivity contribution in [2.24, 2.45) is 0 Å². The largest absolute Gasteiger partial charge is 0.309 e. The van der Waals surface area contributed by atoms with E-state index in [1.165, 1.54) is 29.5 Å². The zero-order chi connectivity index (χ0) is 20.8. The van der Waals surface area contributed by atoms with Crippen LogP contribution in [0.2, 0.25) is 0 Å². The Labute approximate surface area is 173 Å². The number of nitro groups is 1. The zero-order valence-corrected chi connectivity index (χ0v) is 17.1. The molecular weight excluding hydrogens is 388 g/mol. The number of hydrogen-bond acceptors (Lipinski definition) is 6. The highest BCUT2D eigenvalue weighted by molar-refractivity contribution is 7.22. The smallest absolute Gasteiger partial charge is 0.269 e. The molecule has 0 radical (unpaired) electrons. The van der Waals surface area contributed by atoms with E-state index in [-0.39, 0.29) is 11.6 Å². The molecule has 0 saturated carbocycles. The van der Waals surface area contributed by atoms with Gasteiger partial charge in [0.1, 0.15) is 0 Å². The molecule has 0 fully saturated rings. The lowest BCUT2D eigenvalue weighted by Crippen LogP contribution is -2.32. The van der Waals surface area contributed by atoms with E-state index in [9.17, 15) is 14.9 Å². The lowest BCUT2D eigenvalue weighted by molar-refractivity contribution is -0.384. The highest BCUT2D eigenvalue weighted by atomic mass is 32.1. The summed E-state index contributed by atoms with van der Waals surface area (Å²) < 4.78 is 1.03. The number of para-hydroxylation sites is 1. The molecule has 0 spiro atoms. The third-order valence-corrected chi connectivity index (χ3v) is 5.35. The summed E-state index contributed by atoms with van der Waals surface area (Å²) in [6, 6.07) is 13.9. The van der Waals surface area contributed by atoms with Crippen molar-refractivity contribution >= 4 is 44.4 Å². The molecule has 150 valence electrons. The average Bonchev–Trinajstić information content (AvgIpc) is 3.13. The Balaban J connectivity index is 1.80. The Bertz CT molecular complexity index is 995. The summed E-state index contributed by atoms with van der Waals surface area (Å²) in [6.45, 7) is 1.42. The number of carbonyl (C=O) groups is 1. The number of hydrogen-bond donors (Lipinski definition) is 0. The van der Waals surface area contributed by atoms with Gasteiger partial charge in [0.25, 0.3) is 11.6 Å². The fourth-order valence-corrected chi connectivity index (χ4v) is 3.78. The molecule has 1 amide bonds. The van der Waals surface area contributed by atoms with Crippen LogP contribution in [0.15, 0.2) is 54.6 Å². The lowest BCUT2D eigenvalue weighted by atomic mass is 10.2. The minimum Gasteiger partial charge on any atom is -0.309 e. The number of non-ortho nitro benzene ring substituents is 1. The number of rotatable bonds is 8. The number of benzene rings is 2. The maximum absolute atomic E-state index is 12.9. The molecule has 7 nitrogen and oxygen atoms in total. The molecule has 0 aliphatic carbocycles. The molecule has 0 saturated heterocycles. The van der Waals surface area contributed by atoms with Crippen LogP contribution in [0.5, 0.6) is 0 Å². The van der Waals surface area contributed by atoms with Crippen LogP contribution in [0.1, 0.15) is 12.0 Å². The summed E-state index contributed by atoms with van der Waals surface area (Å²) in [6.07, 6.45) is 3.97. The molecule has 0 N–H and O–H groups in total. The summed E-state index contributed by atoms with van der Waals surface area (Å²) in [5.74, 6) is -0.166. The van der Waals surface area contributed by atoms with Crippen molar-refractivity contribution in [3.05, 3.63) is 70.3 Å². The van der Waals surface area contributed by atoms with Crippen LogP contribution in [0, 0.1) is 10.1 Å². The van der Waals surface area contributed by atoms with E-state index >= 15 is 0 Å². The zero-order valence-electron chi connectivity index (χ0n) is 16.3. The van der Waals surface area contributed by atoms with Crippen LogP contribution in [0.4, 0.5) is 10.8 Å². The predicted octanol–water partition coefficient (Wildman–Crippen LogP) is 4.20. The SMILES string of the molecule is CN(C)CCCN(C(=O)/C=C/c1ccc([N+](=O)[O-])cc1)c1nc2ccccc2s1. The van der Waals surface area contributed by atoms with Gasteiger partial charge in [-0.15, -0.1) is 0 Å². The van der Waals surface area contributed by atoms with Crippen LogP contribution in [-0.2, 0) is 4.79 Å². The first kappa shape index (κ1) is 20.6. The van der Waals surface area contributed by atoms with Crippen molar-refractivity contribution in [3.8, 4) is 0 Å². The van der Waals surface area contributed by atoms with Gasteiger partial charge in [0.2, 0.25) is 0 Å².